The van der Waals surface area contributed by atoms with Crippen LogP contribution in [0.25, 0.3) is 22.8 Å². The molecule has 0 N–H and O–H groups in total. The van der Waals surface area contributed by atoms with E-state index in [9.17, 15) is 9.59 Å². The fraction of sp³-hybridized carbons (Fsp3) is 0.179. The first kappa shape index (κ1) is 21.9. The summed E-state index contributed by atoms with van der Waals surface area (Å²) in [6.07, 6.45) is 1.67. The van der Waals surface area contributed by atoms with Gasteiger partial charge in [0.1, 0.15) is 0 Å². The highest BCUT2D eigenvalue weighted by Crippen LogP contribution is 2.33. The molecular weight excluding hydrogens is 458 g/mol. The third-order valence-corrected chi connectivity index (χ3v) is 6.43. The van der Waals surface area contributed by atoms with E-state index in [1.54, 1.807) is 40.3 Å². The van der Waals surface area contributed by atoms with Crippen LogP contribution in [0.4, 0.5) is 0 Å². The van der Waals surface area contributed by atoms with Gasteiger partial charge in [-0.2, -0.15) is 0 Å². The molecular formula is C28H23N3O5. The van der Waals surface area contributed by atoms with E-state index in [2.05, 4.69) is 4.98 Å². The van der Waals surface area contributed by atoms with E-state index >= 15 is 0 Å². The fourth-order valence-electron chi connectivity index (χ4n) is 4.49. The minimum atomic E-state index is -0.111. The van der Waals surface area contributed by atoms with Crippen LogP contribution in [0.15, 0.2) is 83.4 Å². The fourth-order valence-corrected chi connectivity index (χ4v) is 4.49. The van der Waals surface area contributed by atoms with Crippen molar-refractivity contribution in [3.05, 3.63) is 90.1 Å². The number of carbonyl (C=O) groups is 2. The Bertz CT molecular complexity index is 1420. The lowest BCUT2D eigenvalue weighted by Gasteiger charge is -2.35. The van der Waals surface area contributed by atoms with Gasteiger partial charge >= 0.3 is 0 Å². The van der Waals surface area contributed by atoms with Crippen molar-refractivity contribution >= 4 is 11.8 Å². The molecule has 1 saturated heterocycles. The molecule has 0 saturated carbocycles. The number of fused-ring (bicyclic) bond motifs is 1. The second-order valence-corrected chi connectivity index (χ2v) is 8.59. The molecule has 36 heavy (non-hydrogen) atoms. The topological polar surface area (TPSA) is 85.1 Å². The first-order valence-corrected chi connectivity index (χ1v) is 11.8. The summed E-state index contributed by atoms with van der Waals surface area (Å²) in [4.78, 5) is 34.4. The van der Waals surface area contributed by atoms with Gasteiger partial charge in [0.2, 0.25) is 12.7 Å². The van der Waals surface area contributed by atoms with Crippen molar-refractivity contribution in [2.45, 2.75) is 0 Å². The second-order valence-electron chi connectivity index (χ2n) is 8.59. The number of benzene rings is 3. The highest BCUT2D eigenvalue weighted by Gasteiger charge is 2.28. The highest BCUT2D eigenvalue weighted by molar-refractivity contribution is 6.00. The molecule has 6 rings (SSSR count). The number of nitrogens with zero attached hydrogens (tertiary/aromatic N) is 3. The molecule has 0 unspecified atom stereocenters. The average Bonchev–Trinajstić information content (AvgIpc) is 3.63. The van der Waals surface area contributed by atoms with Crippen molar-refractivity contribution in [2.75, 3.05) is 33.0 Å². The van der Waals surface area contributed by atoms with Crippen molar-refractivity contribution in [2.24, 2.45) is 0 Å². The lowest BCUT2D eigenvalue weighted by molar-refractivity contribution is 0.0535. The summed E-state index contributed by atoms with van der Waals surface area (Å²) >= 11 is 0. The molecule has 8 heteroatoms. The molecule has 2 aliphatic heterocycles. The van der Waals surface area contributed by atoms with Gasteiger partial charge in [0.25, 0.3) is 11.8 Å². The molecule has 2 aliphatic rings. The maximum atomic E-state index is 13.5. The molecule has 8 nitrogen and oxygen atoms in total. The van der Waals surface area contributed by atoms with E-state index in [4.69, 9.17) is 13.9 Å². The second kappa shape index (κ2) is 9.22. The van der Waals surface area contributed by atoms with Gasteiger partial charge in [-0.3, -0.25) is 9.59 Å². The number of amides is 2. The van der Waals surface area contributed by atoms with Gasteiger partial charge in [-0.25, -0.2) is 4.98 Å². The van der Waals surface area contributed by atoms with E-state index in [1.165, 1.54) is 0 Å². The molecule has 1 fully saturated rings. The van der Waals surface area contributed by atoms with Crippen LogP contribution in [-0.2, 0) is 0 Å². The Hall–Kier alpha value is -4.59. The first-order valence-electron chi connectivity index (χ1n) is 11.8. The Morgan fingerprint density at radius 1 is 0.750 bits per heavy atom. The van der Waals surface area contributed by atoms with Crippen LogP contribution in [-0.4, -0.2) is 59.6 Å². The molecule has 180 valence electrons. The van der Waals surface area contributed by atoms with Crippen LogP contribution in [0.3, 0.4) is 0 Å². The minimum Gasteiger partial charge on any atom is -0.454 e. The number of rotatable bonds is 4. The summed E-state index contributed by atoms with van der Waals surface area (Å²) in [7, 11) is 0. The zero-order chi connectivity index (χ0) is 24.5. The molecule has 0 radical (unpaired) electrons. The summed E-state index contributed by atoms with van der Waals surface area (Å²) in [6.45, 7) is 1.92. The van der Waals surface area contributed by atoms with Gasteiger partial charge in [0, 0.05) is 42.9 Å². The number of piperazine rings is 1. The molecule has 0 aliphatic carbocycles. The van der Waals surface area contributed by atoms with Gasteiger partial charge < -0.3 is 23.7 Å². The van der Waals surface area contributed by atoms with Crippen LogP contribution in [0.2, 0.25) is 0 Å². The smallest absolute Gasteiger partial charge is 0.254 e. The van der Waals surface area contributed by atoms with Crippen LogP contribution in [0, 0.1) is 0 Å². The normalized spacial score (nSPS) is 14.7. The van der Waals surface area contributed by atoms with Gasteiger partial charge in [-0.1, -0.05) is 42.5 Å². The maximum Gasteiger partial charge on any atom is 0.254 e. The largest absolute Gasteiger partial charge is 0.454 e. The summed E-state index contributed by atoms with van der Waals surface area (Å²) in [5.74, 6) is 2.06. The summed E-state index contributed by atoms with van der Waals surface area (Å²) in [5.41, 5.74) is 2.63. The Morgan fingerprint density at radius 3 is 2.25 bits per heavy atom. The number of hydrogen-bond acceptors (Lipinski definition) is 6. The van der Waals surface area contributed by atoms with Crippen molar-refractivity contribution in [1.82, 2.24) is 14.8 Å². The molecule has 2 amide bonds. The standard InChI is InChI=1S/C28H23N3O5/c32-27(20-10-11-23-24(16-20)35-18-34-23)30-12-14-31(15-13-30)28(33)22-9-5-4-8-21(22)26-29-17-25(36-26)19-6-2-1-3-7-19/h1-11,16-17H,12-15,18H2. The number of carbonyl (C=O) groups excluding carboxylic acids is 2. The molecule has 0 spiro atoms. The lowest BCUT2D eigenvalue weighted by atomic mass is 10.1. The molecule has 4 aromatic rings. The van der Waals surface area contributed by atoms with Gasteiger partial charge in [-0.15, -0.1) is 0 Å². The number of ether oxygens (including phenoxy) is 2. The monoisotopic (exact) mass is 481 g/mol. The zero-order valence-corrected chi connectivity index (χ0v) is 19.4. The predicted octanol–water partition coefficient (Wildman–Crippen LogP) is 4.34. The Morgan fingerprint density at radius 2 is 1.44 bits per heavy atom. The maximum absolute atomic E-state index is 13.5. The zero-order valence-electron chi connectivity index (χ0n) is 19.4. The van der Waals surface area contributed by atoms with E-state index in [1.807, 2.05) is 48.5 Å². The third-order valence-electron chi connectivity index (χ3n) is 6.43. The molecule has 3 aromatic carbocycles. The van der Waals surface area contributed by atoms with E-state index in [-0.39, 0.29) is 18.6 Å². The SMILES string of the molecule is O=C(c1ccc2c(c1)OCO2)N1CCN(C(=O)c2ccccc2-c2ncc(-c3ccccc3)o2)CC1. The van der Waals surface area contributed by atoms with E-state index in [0.717, 1.165) is 5.56 Å². The quantitative estimate of drug-likeness (QED) is 0.431. The van der Waals surface area contributed by atoms with Crippen molar-refractivity contribution in [3.63, 3.8) is 0 Å². The highest BCUT2D eigenvalue weighted by atomic mass is 16.7. The Labute approximate surface area is 207 Å². The average molecular weight is 482 g/mol. The van der Waals surface area contributed by atoms with Gasteiger partial charge in [-0.05, 0) is 30.3 Å². The first-order chi connectivity index (χ1) is 17.7. The van der Waals surface area contributed by atoms with Crippen molar-refractivity contribution in [1.29, 1.82) is 0 Å². The molecule has 0 atom stereocenters. The Kier molecular flexibility index (Phi) is 5.61. The Balaban J connectivity index is 1.16. The molecule has 1 aromatic heterocycles. The lowest BCUT2D eigenvalue weighted by Crippen LogP contribution is -2.50. The van der Waals surface area contributed by atoms with Crippen LogP contribution in [0.5, 0.6) is 11.5 Å². The van der Waals surface area contributed by atoms with Crippen LogP contribution < -0.4 is 9.47 Å². The third kappa shape index (κ3) is 4.07. The van der Waals surface area contributed by atoms with E-state index in [0.29, 0.717) is 66.0 Å². The van der Waals surface area contributed by atoms with Gasteiger partial charge in [0.15, 0.2) is 17.3 Å². The number of oxazole rings is 1. The summed E-state index contributed by atoms with van der Waals surface area (Å²) < 4.78 is 16.7. The predicted molar refractivity (Wildman–Crippen MR) is 132 cm³/mol. The number of hydrogen-bond donors (Lipinski definition) is 0. The summed E-state index contributed by atoms with van der Waals surface area (Å²) in [6, 6.07) is 22.2. The number of aromatic nitrogens is 1. The van der Waals surface area contributed by atoms with Crippen molar-refractivity contribution < 1.29 is 23.5 Å². The van der Waals surface area contributed by atoms with Crippen LogP contribution in [0.1, 0.15) is 20.7 Å². The minimum absolute atomic E-state index is 0.0889. The van der Waals surface area contributed by atoms with E-state index < -0.39 is 0 Å². The van der Waals surface area contributed by atoms with Crippen molar-refractivity contribution in [3.8, 4) is 34.3 Å². The van der Waals surface area contributed by atoms with Crippen LogP contribution >= 0.6 is 0 Å². The summed E-state index contributed by atoms with van der Waals surface area (Å²) in [5, 5.41) is 0. The molecule has 3 heterocycles. The molecule has 0 bridgehead atoms. The van der Waals surface area contributed by atoms with Gasteiger partial charge in [0.05, 0.1) is 11.8 Å².